The summed E-state index contributed by atoms with van der Waals surface area (Å²) in [6.07, 6.45) is 3.14. The Morgan fingerprint density at radius 3 is 2.86 bits per heavy atom. The fourth-order valence-electron chi connectivity index (χ4n) is 3.06. The summed E-state index contributed by atoms with van der Waals surface area (Å²) in [4.78, 5) is 21.4. The van der Waals surface area contributed by atoms with Crippen molar-refractivity contribution in [2.24, 2.45) is 0 Å². The van der Waals surface area contributed by atoms with E-state index in [1.54, 1.807) is 11.3 Å². The highest BCUT2D eigenvalue weighted by molar-refractivity contribution is 7.09. The third-order valence-electron chi connectivity index (χ3n) is 4.33. The molecule has 21 heavy (non-hydrogen) atoms. The maximum absolute atomic E-state index is 12.3. The van der Waals surface area contributed by atoms with Gasteiger partial charge in [-0.2, -0.15) is 0 Å². The van der Waals surface area contributed by atoms with E-state index in [0.29, 0.717) is 5.91 Å². The summed E-state index contributed by atoms with van der Waals surface area (Å²) in [5.74, 6) is 0.300. The molecule has 1 N–H and O–H groups in total. The van der Waals surface area contributed by atoms with Crippen molar-refractivity contribution in [3.05, 3.63) is 16.1 Å². The lowest BCUT2D eigenvalue weighted by atomic mass is 10.2. The zero-order chi connectivity index (χ0) is 14.7. The van der Waals surface area contributed by atoms with Crippen molar-refractivity contribution < 1.29 is 4.79 Å². The van der Waals surface area contributed by atoms with Crippen LogP contribution >= 0.6 is 11.3 Å². The van der Waals surface area contributed by atoms with E-state index in [-0.39, 0.29) is 6.04 Å². The van der Waals surface area contributed by atoms with E-state index in [1.165, 1.54) is 10.7 Å². The molecule has 3 heterocycles. The maximum atomic E-state index is 12.3. The summed E-state index contributed by atoms with van der Waals surface area (Å²) < 4.78 is 0. The number of nitrogens with one attached hydrogen (secondary N) is 1. The molecule has 0 aromatic carbocycles. The molecule has 1 aromatic rings. The maximum Gasteiger partial charge on any atom is 0.239 e. The molecule has 1 atom stereocenters. The molecule has 1 unspecified atom stereocenters. The molecule has 0 saturated carbocycles. The first-order valence-corrected chi connectivity index (χ1v) is 8.82. The Kier molecular flexibility index (Phi) is 4.87. The molecule has 2 fully saturated rings. The number of hydrogen-bond donors (Lipinski definition) is 1. The molecule has 2 aliphatic rings. The highest BCUT2D eigenvalue weighted by Gasteiger charge is 2.29. The number of amides is 1. The van der Waals surface area contributed by atoms with Gasteiger partial charge in [0.05, 0.1) is 16.7 Å². The predicted molar refractivity (Wildman–Crippen MR) is 84.4 cm³/mol. The summed E-state index contributed by atoms with van der Waals surface area (Å²) in [5.41, 5.74) is 1.18. The molecular formula is C15H24N4OS. The van der Waals surface area contributed by atoms with Gasteiger partial charge in [0.2, 0.25) is 5.91 Å². The molecule has 1 amide bonds. The molecule has 2 aliphatic heterocycles. The SMILES string of the molecule is CCc1nc(CN2CCN(C(=O)C3CCCN3)CC2)cs1. The minimum absolute atomic E-state index is 0.0715. The van der Waals surface area contributed by atoms with Gasteiger partial charge in [-0.1, -0.05) is 6.92 Å². The average Bonchev–Trinajstić information content (AvgIpc) is 3.19. The largest absolute Gasteiger partial charge is 0.339 e. The molecule has 0 aliphatic carbocycles. The van der Waals surface area contributed by atoms with Gasteiger partial charge in [-0.3, -0.25) is 9.69 Å². The second-order valence-corrected chi connectivity index (χ2v) is 6.78. The van der Waals surface area contributed by atoms with E-state index in [0.717, 1.165) is 58.5 Å². The number of piperazine rings is 1. The van der Waals surface area contributed by atoms with Gasteiger partial charge < -0.3 is 10.2 Å². The van der Waals surface area contributed by atoms with Crippen molar-refractivity contribution in [3.8, 4) is 0 Å². The van der Waals surface area contributed by atoms with Crippen LogP contribution in [0.1, 0.15) is 30.5 Å². The zero-order valence-electron chi connectivity index (χ0n) is 12.7. The van der Waals surface area contributed by atoms with Crippen molar-refractivity contribution in [2.75, 3.05) is 32.7 Å². The van der Waals surface area contributed by atoms with Crippen LogP contribution < -0.4 is 5.32 Å². The smallest absolute Gasteiger partial charge is 0.239 e. The third kappa shape index (κ3) is 3.62. The minimum Gasteiger partial charge on any atom is -0.339 e. The van der Waals surface area contributed by atoms with E-state index in [4.69, 9.17) is 0 Å². The highest BCUT2D eigenvalue weighted by Crippen LogP contribution is 2.15. The number of nitrogens with zero attached hydrogens (tertiary/aromatic N) is 3. The monoisotopic (exact) mass is 308 g/mol. The number of carbonyl (C=O) groups is 1. The Bertz CT molecular complexity index is 476. The Balaban J connectivity index is 1.47. The lowest BCUT2D eigenvalue weighted by Gasteiger charge is -2.35. The van der Waals surface area contributed by atoms with Crippen LogP contribution in [0.4, 0.5) is 0 Å². The van der Waals surface area contributed by atoms with E-state index in [1.807, 2.05) is 4.90 Å². The second-order valence-electron chi connectivity index (χ2n) is 5.84. The van der Waals surface area contributed by atoms with Crippen LogP contribution in [0, 0.1) is 0 Å². The molecule has 0 bridgehead atoms. The van der Waals surface area contributed by atoms with Gasteiger partial charge in [0.15, 0.2) is 0 Å². The summed E-state index contributed by atoms with van der Waals surface area (Å²) in [7, 11) is 0. The van der Waals surface area contributed by atoms with Crippen molar-refractivity contribution in [1.29, 1.82) is 0 Å². The molecule has 1 aromatic heterocycles. The van der Waals surface area contributed by atoms with Crippen molar-refractivity contribution in [2.45, 2.75) is 38.8 Å². The molecule has 0 radical (unpaired) electrons. The van der Waals surface area contributed by atoms with Crippen LogP contribution in [-0.4, -0.2) is 59.5 Å². The van der Waals surface area contributed by atoms with E-state index in [2.05, 4.69) is 27.5 Å². The van der Waals surface area contributed by atoms with Crippen LogP contribution in [0.25, 0.3) is 0 Å². The first-order chi connectivity index (χ1) is 10.3. The molecule has 0 spiro atoms. The topological polar surface area (TPSA) is 48.5 Å². The van der Waals surface area contributed by atoms with E-state index >= 15 is 0 Å². The normalized spacial score (nSPS) is 23.7. The van der Waals surface area contributed by atoms with Gasteiger partial charge in [-0.15, -0.1) is 11.3 Å². The standard InChI is InChI=1S/C15H24N4OS/c1-2-14-17-12(11-21-14)10-18-6-8-19(9-7-18)15(20)13-4-3-5-16-13/h11,13,16H,2-10H2,1H3. The van der Waals surface area contributed by atoms with Crippen LogP contribution in [0.15, 0.2) is 5.38 Å². The van der Waals surface area contributed by atoms with Crippen LogP contribution in [0.5, 0.6) is 0 Å². The Morgan fingerprint density at radius 1 is 1.43 bits per heavy atom. The quantitative estimate of drug-likeness (QED) is 0.905. The number of thiazole rings is 1. The van der Waals surface area contributed by atoms with Gasteiger partial charge in [0.25, 0.3) is 0 Å². The van der Waals surface area contributed by atoms with Gasteiger partial charge in [0.1, 0.15) is 0 Å². The summed E-state index contributed by atoms with van der Waals surface area (Å²) in [6, 6.07) is 0.0715. The molecule has 3 rings (SSSR count). The molecule has 2 saturated heterocycles. The predicted octanol–water partition coefficient (Wildman–Crippen LogP) is 1.10. The number of hydrogen-bond acceptors (Lipinski definition) is 5. The Morgan fingerprint density at radius 2 is 2.24 bits per heavy atom. The first kappa shape index (κ1) is 14.9. The third-order valence-corrected chi connectivity index (χ3v) is 5.37. The molecular weight excluding hydrogens is 284 g/mol. The number of rotatable bonds is 4. The summed E-state index contributed by atoms with van der Waals surface area (Å²) >= 11 is 1.75. The van der Waals surface area contributed by atoms with Crippen LogP contribution in [0.3, 0.4) is 0 Å². The second kappa shape index (κ2) is 6.85. The lowest BCUT2D eigenvalue weighted by molar-refractivity contribution is -0.134. The Labute approximate surface area is 130 Å². The molecule has 6 heteroatoms. The number of aromatic nitrogens is 1. The fourth-order valence-corrected chi connectivity index (χ4v) is 3.79. The highest BCUT2D eigenvalue weighted by atomic mass is 32.1. The van der Waals surface area contributed by atoms with Gasteiger partial charge in [-0.25, -0.2) is 4.98 Å². The van der Waals surface area contributed by atoms with Crippen molar-refractivity contribution in [1.82, 2.24) is 20.1 Å². The zero-order valence-corrected chi connectivity index (χ0v) is 13.5. The van der Waals surface area contributed by atoms with Gasteiger partial charge >= 0.3 is 0 Å². The lowest BCUT2D eigenvalue weighted by Crippen LogP contribution is -2.52. The number of aryl methyl sites for hydroxylation is 1. The van der Waals surface area contributed by atoms with E-state index < -0.39 is 0 Å². The Hall–Kier alpha value is -0.980. The molecule has 5 nitrogen and oxygen atoms in total. The first-order valence-electron chi connectivity index (χ1n) is 7.94. The number of carbonyl (C=O) groups excluding carboxylic acids is 1. The average molecular weight is 308 g/mol. The fraction of sp³-hybridized carbons (Fsp3) is 0.733. The molecule has 116 valence electrons. The van der Waals surface area contributed by atoms with Crippen molar-refractivity contribution >= 4 is 17.2 Å². The van der Waals surface area contributed by atoms with E-state index in [9.17, 15) is 4.79 Å². The van der Waals surface area contributed by atoms with Crippen molar-refractivity contribution in [3.63, 3.8) is 0 Å². The van der Waals surface area contributed by atoms with Crippen LogP contribution in [-0.2, 0) is 17.8 Å². The summed E-state index contributed by atoms with van der Waals surface area (Å²) in [6.45, 7) is 7.66. The van der Waals surface area contributed by atoms with Gasteiger partial charge in [-0.05, 0) is 25.8 Å². The summed E-state index contributed by atoms with van der Waals surface area (Å²) in [5, 5.41) is 6.68. The minimum atomic E-state index is 0.0715. The van der Waals surface area contributed by atoms with Crippen LogP contribution in [0.2, 0.25) is 0 Å². The van der Waals surface area contributed by atoms with Gasteiger partial charge in [0, 0.05) is 38.1 Å².